The Morgan fingerprint density at radius 2 is 2.05 bits per heavy atom. The van der Waals surface area contributed by atoms with E-state index in [1.165, 1.54) is 24.8 Å². The molecule has 2 atom stereocenters. The number of aryl methyl sites for hydroxylation is 1. The topological polar surface area (TPSA) is 36.4 Å². The number of piperidine rings is 1. The lowest BCUT2D eigenvalue weighted by Crippen LogP contribution is -2.55. The van der Waals surface area contributed by atoms with Gasteiger partial charge < -0.3 is 5.11 Å². The summed E-state index contributed by atoms with van der Waals surface area (Å²) in [4.78, 5) is 7.02. The molecule has 2 aliphatic rings. The van der Waals surface area contributed by atoms with Crippen LogP contribution in [0.1, 0.15) is 56.7 Å². The minimum atomic E-state index is -0.336. The number of aromatic nitrogens is 1. The minimum Gasteiger partial charge on any atom is -0.391 e. The van der Waals surface area contributed by atoms with Gasteiger partial charge in [0.25, 0.3) is 0 Å². The standard InChI is InChI=1S/C17H26N2O/c1-17(2,19-11-4-3-5-12-19)16(20)14-9-8-13-7-6-10-18-15(13)14/h6-7,10,14,16,20H,3-5,8-9,11-12H2,1-2H3. The number of nitrogens with zero attached hydrogens (tertiary/aromatic N) is 2. The van der Waals surface area contributed by atoms with Gasteiger partial charge in [0.05, 0.1) is 6.10 Å². The first-order valence-electron chi connectivity index (χ1n) is 7.97. The Balaban J connectivity index is 1.80. The van der Waals surface area contributed by atoms with Crippen LogP contribution >= 0.6 is 0 Å². The Kier molecular flexibility index (Phi) is 3.83. The number of likely N-dealkylation sites (tertiary alicyclic amines) is 1. The first-order chi connectivity index (χ1) is 9.60. The molecule has 1 aliphatic carbocycles. The van der Waals surface area contributed by atoms with Crippen LogP contribution in [0.2, 0.25) is 0 Å². The van der Waals surface area contributed by atoms with Gasteiger partial charge in [-0.1, -0.05) is 12.5 Å². The molecule has 3 nitrogen and oxygen atoms in total. The van der Waals surface area contributed by atoms with Gasteiger partial charge in [-0.25, -0.2) is 0 Å². The summed E-state index contributed by atoms with van der Waals surface area (Å²) in [6.07, 6.45) is 7.46. The largest absolute Gasteiger partial charge is 0.391 e. The van der Waals surface area contributed by atoms with E-state index in [2.05, 4.69) is 29.8 Å². The number of fused-ring (bicyclic) bond motifs is 1. The Labute approximate surface area is 122 Å². The quantitative estimate of drug-likeness (QED) is 0.920. The molecule has 3 heteroatoms. The highest BCUT2D eigenvalue weighted by molar-refractivity contribution is 5.30. The molecule has 1 aliphatic heterocycles. The first kappa shape index (κ1) is 14.0. The van der Waals surface area contributed by atoms with E-state index < -0.39 is 0 Å². The molecular formula is C17H26N2O. The van der Waals surface area contributed by atoms with Crippen molar-refractivity contribution >= 4 is 0 Å². The molecule has 1 saturated heterocycles. The van der Waals surface area contributed by atoms with Gasteiger partial charge in [0, 0.05) is 23.3 Å². The number of aliphatic hydroxyl groups is 1. The van der Waals surface area contributed by atoms with Crippen LogP contribution < -0.4 is 0 Å². The molecule has 0 radical (unpaired) electrons. The van der Waals surface area contributed by atoms with E-state index in [1.807, 2.05) is 12.3 Å². The summed E-state index contributed by atoms with van der Waals surface area (Å²) < 4.78 is 0. The normalized spacial score (nSPS) is 25.4. The van der Waals surface area contributed by atoms with Crippen molar-refractivity contribution in [3.63, 3.8) is 0 Å². The monoisotopic (exact) mass is 274 g/mol. The Bertz CT molecular complexity index is 466. The van der Waals surface area contributed by atoms with Crippen molar-refractivity contribution in [3.05, 3.63) is 29.6 Å². The maximum absolute atomic E-state index is 11.0. The number of pyridine rings is 1. The van der Waals surface area contributed by atoms with Crippen LogP contribution in [0.25, 0.3) is 0 Å². The number of hydrogen-bond donors (Lipinski definition) is 1. The van der Waals surface area contributed by atoms with Crippen LogP contribution in [0.4, 0.5) is 0 Å². The molecule has 0 saturated carbocycles. The molecule has 20 heavy (non-hydrogen) atoms. The van der Waals surface area contributed by atoms with Crippen molar-refractivity contribution < 1.29 is 5.11 Å². The van der Waals surface area contributed by atoms with Crippen molar-refractivity contribution in [2.24, 2.45) is 0 Å². The molecule has 0 bridgehead atoms. The van der Waals surface area contributed by atoms with Crippen LogP contribution in [0.3, 0.4) is 0 Å². The van der Waals surface area contributed by atoms with E-state index in [9.17, 15) is 5.11 Å². The average Bonchev–Trinajstić information content (AvgIpc) is 2.91. The summed E-state index contributed by atoms with van der Waals surface area (Å²) in [5, 5.41) is 11.0. The number of rotatable bonds is 3. The third-order valence-corrected chi connectivity index (χ3v) is 5.28. The fourth-order valence-electron chi connectivity index (χ4n) is 3.90. The highest BCUT2D eigenvalue weighted by Gasteiger charge is 2.42. The van der Waals surface area contributed by atoms with Gasteiger partial charge in [0.2, 0.25) is 0 Å². The van der Waals surface area contributed by atoms with Gasteiger partial charge in [0.15, 0.2) is 0 Å². The van der Waals surface area contributed by atoms with Crippen LogP contribution in [0, 0.1) is 0 Å². The lowest BCUT2D eigenvalue weighted by molar-refractivity contribution is -0.0333. The second kappa shape index (κ2) is 5.45. The highest BCUT2D eigenvalue weighted by atomic mass is 16.3. The van der Waals surface area contributed by atoms with E-state index in [0.717, 1.165) is 31.6 Å². The predicted octanol–water partition coefficient (Wildman–Crippen LogP) is 2.74. The van der Waals surface area contributed by atoms with Crippen molar-refractivity contribution in [1.82, 2.24) is 9.88 Å². The zero-order chi connectivity index (χ0) is 14.2. The minimum absolute atomic E-state index is 0.162. The van der Waals surface area contributed by atoms with Gasteiger partial charge in [0.1, 0.15) is 0 Å². The van der Waals surface area contributed by atoms with Crippen molar-refractivity contribution in [2.45, 2.75) is 63.5 Å². The molecular weight excluding hydrogens is 248 g/mol. The molecule has 2 heterocycles. The molecule has 1 N–H and O–H groups in total. The zero-order valence-corrected chi connectivity index (χ0v) is 12.7. The van der Waals surface area contributed by atoms with Crippen LogP contribution in [-0.4, -0.2) is 39.7 Å². The van der Waals surface area contributed by atoms with Gasteiger partial charge in [-0.15, -0.1) is 0 Å². The molecule has 2 unspecified atom stereocenters. The Morgan fingerprint density at radius 1 is 1.30 bits per heavy atom. The number of hydrogen-bond acceptors (Lipinski definition) is 3. The molecule has 110 valence electrons. The first-order valence-corrected chi connectivity index (χ1v) is 7.97. The second-order valence-corrected chi connectivity index (χ2v) is 6.84. The Hall–Kier alpha value is -0.930. The third-order valence-electron chi connectivity index (χ3n) is 5.28. The smallest absolute Gasteiger partial charge is 0.0802 e. The maximum Gasteiger partial charge on any atom is 0.0802 e. The molecule has 3 rings (SSSR count). The van der Waals surface area contributed by atoms with Crippen LogP contribution in [0.15, 0.2) is 18.3 Å². The Morgan fingerprint density at radius 3 is 2.80 bits per heavy atom. The van der Waals surface area contributed by atoms with Crippen molar-refractivity contribution in [3.8, 4) is 0 Å². The fourth-order valence-corrected chi connectivity index (χ4v) is 3.90. The average molecular weight is 274 g/mol. The van der Waals surface area contributed by atoms with Crippen LogP contribution in [-0.2, 0) is 6.42 Å². The summed E-state index contributed by atoms with van der Waals surface area (Å²) in [6, 6.07) is 4.16. The fraction of sp³-hybridized carbons (Fsp3) is 0.706. The summed E-state index contributed by atoms with van der Waals surface area (Å²) in [5.41, 5.74) is 2.29. The van der Waals surface area contributed by atoms with Gasteiger partial charge >= 0.3 is 0 Å². The molecule has 0 amide bonds. The van der Waals surface area contributed by atoms with Crippen LogP contribution in [0.5, 0.6) is 0 Å². The van der Waals surface area contributed by atoms with Gasteiger partial charge in [-0.3, -0.25) is 9.88 Å². The van der Waals surface area contributed by atoms with Crippen molar-refractivity contribution in [1.29, 1.82) is 0 Å². The van der Waals surface area contributed by atoms with E-state index in [0.29, 0.717) is 0 Å². The SMILES string of the molecule is CC(C)(C(O)C1CCc2cccnc21)N1CCCCC1. The second-order valence-electron chi connectivity index (χ2n) is 6.84. The summed E-state index contributed by atoms with van der Waals surface area (Å²) in [7, 11) is 0. The summed E-state index contributed by atoms with van der Waals surface area (Å²) >= 11 is 0. The van der Waals surface area contributed by atoms with Crippen molar-refractivity contribution in [2.75, 3.05) is 13.1 Å². The molecule has 0 spiro atoms. The maximum atomic E-state index is 11.0. The summed E-state index contributed by atoms with van der Waals surface area (Å²) in [5.74, 6) is 0.197. The van der Waals surface area contributed by atoms with E-state index in [1.54, 1.807) is 0 Å². The van der Waals surface area contributed by atoms with Gasteiger partial charge in [-0.05, 0) is 64.3 Å². The highest BCUT2D eigenvalue weighted by Crippen LogP contribution is 2.39. The van der Waals surface area contributed by atoms with E-state index in [-0.39, 0.29) is 17.6 Å². The van der Waals surface area contributed by atoms with Gasteiger partial charge in [-0.2, -0.15) is 0 Å². The zero-order valence-electron chi connectivity index (χ0n) is 12.7. The third kappa shape index (κ3) is 2.38. The molecule has 1 aromatic heterocycles. The predicted molar refractivity (Wildman–Crippen MR) is 80.8 cm³/mol. The van der Waals surface area contributed by atoms with E-state index >= 15 is 0 Å². The lowest BCUT2D eigenvalue weighted by Gasteiger charge is -2.45. The lowest BCUT2D eigenvalue weighted by atomic mass is 9.83. The summed E-state index contributed by atoms with van der Waals surface area (Å²) in [6.45, 7) is 6.63. The van der Waals surface area contributed by atoms with E-state index in [4.69, 9.17) is 0 Å². The molecule has 1 fully saturated rings. The number of aliphatic hydroxyl groups excluding tert-OH is 1. The molecule has 0 aromatic carbocycles. The molecule has 1 aromatic rings.